The normalized spacial score (nSPS) is 30.4. The topological polar surface area (TPSA) is 23.6 Å². The fourth-order valence-electron chi connectivity index (χ4n) is 3.86. The number of likely N-dealkylation sites (N-methyl/N-ethyl adjacent to an activating group) is 1. The Labute approximate surface area is 112 Å². The average Bonchev–Trinajstić information content (AvgIpc) is 2.49. The molecule has 2 aliphatic rings. The van der Waals surface area contributed by atoms with Gasteiger partial charge >= 0.3 is 0 Å². The molecule has 3 nitrogen and oxygen atoms in total. The Morgan fingerprint density at radius 1 is 1.22 bits per heavy atom. The van der Waals surface area contributed by atoms with E-state index in [1.165, 1.54) is 19.3 Å². The minimum absolute atomic E-state index is 0.493. The van der Waals surface area contributed by atoms with Gasteiger partial charge in [0.25, 0.3) is 0 Å². The Balaban J connectivity index is 2.08. The first kappa shape index (κ1) is 14.0. The number of hydrogen-bond acceptors (Lipinski definition) is 3. The van der Waals surface area contributed by atoms with Crippen LogP contribution in [0.1, 0.15) is 46.0 Å². The number of carbonyl (C=O) groups is 1. The van der Waals surface area contributed by atoms with Crippen LogP contribution in [-0.2, 0) is 4.79 Å². The van der Waals surface area contributed by atoms with Gasteiger partial charge in [-0.2, -0.15) is 0 Å². The summed E-state index contributed by atoms with van der Waals surface area (Å²) in [6.45, 7) is 5.73. The molecule has 0 radical (unpaired) electrons. The highest BCUT2D eigenvalue weighted by molar-refractivity contribution is 5.81. The van der Waals surface area contributed by atoms with Gasteiger partial charge in [-0.3, -0.25) is 9.69 Å². The summed E-state index contributed by atoms with van der Waals surface area (Å²) in [5.74, 6) is 1.22. The molecule has 104 valence electrons. The number of piperidine rings is 1. The van der Waals surface area contributed by atoms with Gasteiger partial charge in [-0.25, -0.2) is 0 Å². The first-order valence-electron chi connectivity index (χ1n) is 7.41. The minimum atomic E-state index is 0.493. The molecule has 0 N–H and O–H groups in total. The van der Waals surface area contributed by atoms with E-state index in [0.29, 0.717) is 23.9 Å². The Morgan fingerprint density at radius 2 is 1.78 bits per heavy atom. The molecule has 18 heavy (non-hydrogen) atoms. The van der Waals surface area contributed by atoms with E-state index in [4.69, 9.17) is 0 Å². The largest absolute Gasteiger partial charge is 0.308 e. The molecule has 3 atom stereocenters. The summed E-state index contributed by atoms with van der Waals surface area (Å²) in [6.07, 6.45) is 5.33. The summed E-state index contributed by atoms with van der Waals surface area (Å²) in [7, 11) is 4.31. The van der Waals surface area contributed by atoms with Crippen LogP contribution in [0.5, 0.6) is 0 Å². The van der Waals surface area contributed by atoms with E-state index < -0.39 is 0 Å². The van der Waals surface area contributed by atoms with Gasteiger partial charge in [0.15, 0.2) is 0 Å². The summed E-state index contributed by atoms with van der Waals surface area (Å²) in [4.78, 5) is 16.7. The van der Waals surface area contributed by atoms with Crippen molar-refractivity contribution >= 4 is 5.78 Å². The van der Waals surface area contributed by atoms with Crippen molar-refractivity contribution in [2.24, 2.45) is 5.92 Å². The molecule has 0 spiro atoms. The van der Waals surface area contributed by atoms with Gasteiger partial charge in [0, 0.05) is 37.5 Å². The maximum absolute atomic E-state index is 11.7. The molecule has 0 aromatic rings. The van der Waals surface area contributed by atoms with Crippen LogP contribution in [-0.4, -0.2) is 54.3 Å². The third kappa shape index (κ3) is 3.12. The zero-order chi connectivity index (χ0) is 13.3. The van der Waals surface area contributed by atoms with Crippen LogP contribution in [0.4, 0.5) is 0 Å². The van der Waals surface area contributed by atoms with Crippen molar-refractivity contribution in [2.45, 2.75) is 64.1 Å². The summed E-state index contributed by atoms with van der Waals surface area (Å²) in [5, 5.41) is 0. The van der Waals surface area contributed by atoms with Crippen molar-refractivity contribution in [3.05, 3.63) is 0 Å². The summed E-state index contributed by atoms with van der Waals surface area (Å²) in [5.41, 5.74) is 0. The predicted molar refractivity (Wildman–Crippen MR) is 74.7 cm³/mol. The van der Waals surface area contributed by atoms with Gasteiger partial charge in [-0.1, -0.05) is 13.8 Å². The maximum atomic E-state index is 11.7. The van der Waals surface area contributed by atoms with Crippen LogP contribution in [0.15, 0.2) is 0 Å². The van der Waals surface area contributed by atoms with Crippen molar-refractivity contribution < 1.29 is 4.79 Å². The van der Waals surface area contributed by atoms with E-state index >= 15 is 0 Å². The molecule has 2 rings (SSSR count). The molecular formula is C15H28N2O. The van der Waals surface area contributed by atoms with E-state index in [0.717, 1.165) is 25.3 Å². The first-order valence-corrected chi connectivity index (χ1v) is 7.41. The molecule has 2 heterocycles. The number of rotatable bonds is 5. The first-order chi connectivity index (χ1) is 8.47. The molecule has 0 saturated carbocycles. The van der Waals surface area contributed by atoms with Crippen LogP contribution in [0, 0.1) is 5.92 Å². The third-order valence-corrected chi connectivity index (χ3v) is 4.34. The molecule has 3 heteroatoms. The average molecular weight is 252 g/mol. The molecule has 0 aromatic carbocycles. The molecule has 2 saturated heterocycles. The molecule has 0 aliphatic carbocycles. The van der Waals surface area contributed by atoms with Gasteiger partial charge in [0.2, 0.25) is 0 Å². The Bertz CT molecular complexity index is 275. The Hall–Kier alpha value is -0.410. The number of ketones is 1. The number of carbonyl (C=O) groups excluding carboxylic acids is 1. The minimum Gasteiger partial charge on any atom is -0.308 e. The van der Waals surface area contributed by atoms with Crippen molar-refractivity contribution in [3.8, 4) is 0 Å². The lowest BCUT2D eigenvalue weighted by atomic mass is 9.94. The van der Waals surface area contributed by atoms with E-state index in [-0.39, 0.29) is 0 Å². The SMILES string of the molecule is CC(C)CC(CN(C)C)N1C2CCC1CC(=O)C2. The molecule has 2 fully saturated rings. The third-order valence-electron chi connectivity index (χ3n) is 4.34. The van der Waals surface area contributed by atoms with Crippen LogP contribution in [0.25, 0.3) is 0 Å². The highest BCUT2D eigenvalue weighted by atomic mass is 16.1. The van der Waals surface area contributed by atoms with Crippen molar-refractivity contribution in [1.29, 1.82) is 0 Å². The predicted octanol–water partition coefficient (Wildman–Crippen LogP) is 2.16. The highest BCUT2D eigenvalue weighted by Crippen LogP contribution is 2.37. The second-order valence-corrected chi connectivity index (χ2v) is 6.82. The second-order valence-electron chi connectivity index (χ2n) is 6.82. The zero-order valence-electron chi connectivity index (χ0n) is 12.4. The molecule has 0 aromatic heterocycles. The molecule has 2 aliphatic heterocycles. The van der Waals surface area contributed by atoms with Crippen LogP contribution in [0.2, 0.25) is 0 Å². The standard InChI is InChI=1S/C15H28N2O/c1-11(2)7-14(10-16(3)4)17-12-5-6-13(17)9-15(18)8-12/h11-14H,5-10H2,1-4H3. The van der Waals surface area contributed by atoms with Gasteiger partial charge in [0.05, 0.1) is 0 Å². The van der Waals surface area contributed by atoms with Gasteiger partial charge < -0.3 is 4.90 Å². The number of nitrogens with zero attached hydrogens (tertiary/aromatic N) is 2. The quantitative estimate of drug-likeness (QED) is 0.749. The lowest BCUT2D eigenvalue weighted by molar-refractivity contribution is -0.124. The fourth-order valence-corrected chi connectivity index (χ4v) is 3.86. The van der Waals surface area contributed by atoms with Crippen molar-refractivity contribution in [1.82, 2.24) is 9.80 Å². The summed E-state index contributed by atoms with van der Waals surface area (Å²) >= 11 is 0. The van der Waals surface area contributed by atoms with E-state index in [2.05, 4.69) is 37.7 Å². The number of fused-ring (bicyclic) bond motifs is 2. The second kappa shape index (κ2) is 5.70. The van der Waals surface area contributed by atoms with Crippen molar-refractivity contribution in [2.75, 3.05) is 20.6 Å². The molecule has 0 amide bonds. The maximum Gasteiger partial charge on any atom is 0.136 e. The highest BCUT2D eigenvalue weighted by Gasteiger charge is 2.43. The summed E-state index contributed by atoms with van der Waals surface area (Å²) in [6, 6.07) is 1.71. The molecular weight excluding hydrogens is 224 g/mol. The Kier molecular flexibility index (Phi) is 4.44. The van der Waals surface area contributed by atoms with Crippen LogP contribution in [0.3, 0.4) is 0 Å². The molecule has 3 unspecified atom stereocenters. The lowest BCUT2D eigenvalue weighted by Gasteiger charge is -2.42. The van der Waals surface area contributed by atoms with E-state index in [1.807, 2.05) is 0 Å². The van der Waals surface area contributed by atoms with Gasteiger partial charge in [-0.15, -0.1) is 0 Å². The van der Waals surface area contributed by atoms with E-state index in [9.17, 15) is 4.79 Å². The molecule has 2 bridgehead atoms. The lowest BCUT2D eigenvalue weighted by Crippen LogP contribution is -2.52. The van der Waals surface area contributed by atoms with Gasteiger partial charge in [0.1, 0.15) is 5.78 Å². The Morgan fingerprint density at radius 3 is 2.22 bits per heavy atom. The number of hydrogen-bond donors (Lipinski definition) is 0. The van der Waals surface area contributed by atoms with Crippen LogP contribution >= 0.6 is 0 Å². The summed E-state index contributed by atoms with van der Waals surface area (Å²) < 4.78 is 0. The van der Waals surface area contributed by atoms with E-state index in [1.54, 1.807) is 0 Å². The van der Waals surface area contributed by atoms with Gasteiger partial charge in [-0.05, 0) is 39.3 Å². The monoisotopic (exact) mass is 252 g/mol. The fraction of sp³-hybridized carbons (Fsp3) is 0.933. The number of Topliss-reactive ketones (excluding diaryl/α,β-unsaturated/α-hetero) is 1. The van der Waals surface area contributed by atoms with Crippen molar-refractivity contribution in [3.63, 3.8) is 0 Å². The smallest absolute Gasteiger partial charge is 0.136 e. The van der Waals surface area contributed by atoms with Crippen LogP contribution < -0.4 is 0 Å². The zero-order valence-corrected chi connectivity index (χ0v) is 12.4.